The van der Waals surface area contributed by atoms with E-state index in [0.29, 0.717) is 10.7 Å². The van der Waals surface area contributed by atoms with Crippen molar-refractivity contribution in [1.29, 1.82) is 5.41 Å². The standard InChI is InChI=1S/C23H22N4O5S2/c1-4-5-20-26-27-21(24)17(22(28)25-23(27)33-20)12-15-8-11-18(19(13-15)31-3)32-34(29,30)16-9-6-14(2)7-10-16/h6-13,24H,4-5H2,1-3H3/b17-12-,24-21?. The molecule has 0 spiro atoms. The van der Waals surface area contributed by atoms with Crippen molar-refractivity contribution in [2.45, 2.75) is 31.6 Å². The van der Waals surface area contributed by atoms with Gasteiger partial charge in [-0.2, -0.15) is 23.5 Å². The number of carbonyl (C=O) groups excluding carboxylic acids is 1. The lowest BCUT2D eigenvalue weighted by molar-refractivity contribution is -0.114. The summed E-state index contributed by atoms with van der Waals surface area (Å²) in [7, 11) is -2.68. The highest BCUT2D eigenvalue weighted by Crippen LogP contribution is 2.33. The van der Waals surface area contributed by atoms with Crippen LogP contribution in [-0.4, -0.2) is 42.5 Å². The summed E-state index contributed by atoms with van der Waals surface area (Å²) >= 11 is 1.29. The molecule has 1 amide bonds. The lowest BCUT2D eigenvalue weighted by Gasteiger charge is -2.20. The molecule has 0 aromatic heterocycles. The summed E-state index contributed by atoms with van der Waals surface area (Å²) in [6.45, 7) is 3.88. The average molecular weight is 499 g/mol. The van der Waals surface area contributed by atoms with Gasteiger partial charge in [-0.25, -0.2) is 0 Å². The minimum atomic E-state index is -4.07. The Kier molecular flexibility index (Phi) is 6.58. The van der Waals surface area contributed by atoms with Gasteiger partial charge in [-0.05, 0) is 67.4 Å². The van der Waals surface area contributed by atoms with E-state index in [1.54, 1.807) is 18.2 Å². The molecule has 2 aromatic carbocycles. The number of benzene rings is 2. The largest absolute Gasteiger partial charge is 0.493 e. The van der Waals surface area contributed by atoms with Crippen molar-refractivity contribution in [3.8, 4) is 11.5 Å². The van der Waals surface area contributed by atoms with E-state index in [9.17, 15) is 13.2 Å². The number of carbonyl (C=O) groups is 1. The zero-order chi connectivity index (χ0) is 24.5. The number of methoxy groups -OCH3 is 1. The van der Waals surface area contributed by atoms with Gasteiger partial charge in [-0.15, -0.1) is 0 Å². The number of aryl methyl sites for hydroxylation is 1. The Labute approximate surface area is 201 Å². The minimum absolute atomic E-state index is 0.000305. The number of hydrazone groups is 1. The highest BCUT2D eigenvalue weighted by atomic mass is 32.2. The summed E-state index contributed by atoms with van der Waals surface area (Å²) in [6, 6.07) is 10.8. The van der Waals surface area contributed by atoms with Gasteiger partial charge in [0.05, 0.1) is 12.7 Å². The highest BCUT2D eigenvalue weighted by molar-refractivity contribution is 8.26. The fraction of sp³-hybridized carbons (Fsp3) is 0.217. The van der Waals surface area contributed by atoms with Gasteiger partial charge in [0, 0.05) is 0 Å². The third-order valence-electron chi connectivity index (χ3n) is 4.97. The quantitative estimate of drug-likeness (QED) is 0.449. The summed E-state index contributed by atoms with van der Waals surface area (Å²) in [5.74, 6) is -0.461. The molecule has 0 aliphatic carbocycles. The van der Waals surface area contributed by atoms with E-state index in [0.717, 1.165) is 23.4 Å². The van der Waals surface area contributed by atoms with Crippen LogP contribution in [-0.2, 0) is 14.9 Å². The van der Waals surface area contributed by atoms with Crippen molar-refractivity contribution in [1.82, 2.24) is 5.01 Å². The molecule has 176 valence electrons. The number of thioether (sulfide) groups is 1. The summed E-state index contributed by atoms with van der Waals surface area (Å²) in [5.41, 5.74) is 1.50. The number of nitrogens with one attached hydrogen (secondary N) is 1. The molecular formula is C23H22N4O5S2. The Morgan fingerprint density at radius 1 is 1.15 bits per heavy atom. The molecule has 0 atom stereocenters. The fourth-order valence-electron chi connectivity index (χ4n) is 3.23. The molecule has 0 saturated carbocycles. The number of fused-ring (bicyclic) bond motifs is 1. The van der Waals surface area contributed by atoms with Crippen LogP contribution in [0.3, 0.4) is 0 Å². The van der Waals surface area contributed by atoms with Gasteiger partial charge in [0.25, 0.3) is 5.91 Å². The van der Waals surface area contributed by atoms with Crippen LogP contribution in [0, 0.1) is 12.3 Å². The average Bonchev–Trinajstić information content (AvgIpc) is 3.20. The number of hydrogen-bond acceptors (Lipinski definition) is 8. The van der Waals surface area contributed by atoms with Crippen molar-refractivity contribution >= 4 is 49.9 Å². The molecule has 0 radical (unpaired) electrons. The molecule has 2 aromatic rings. The number of amides is 1. The van der Waals surface area contributed by atoms with Gasteiger partial charge in [0.15, 0.2) is 17.3 Å². The van der Waals surface area contributed by atoms with Crippen LogP contribution in [0.4, 0.5) is 0 Å². The highest BCUT2D eigenvalue weighted by Gasteiger charge is 2.35. The lowest BCUT2D eigenvalue weighted by Crippen LogP contribution is -2.35. The van der Waals surface area contributed by atoms with E-state index >= 15 is 0 Å². The van der Waals surface area contributed by atoms with E-state index < -0.39 is 16.0 Å². The fourth-order valence-corrected chi connectivity index (χ4v) is 5.15. The second kappa shape index (κ2) is 9.43. The molecule has 0 bridgehead atoms. The van der Waals surface area contributed by atoms with Crippen LogP contribution in [0.15, 0.2) is 63.0 Å². The molecule has 0 fully saturated rings. The van der Waals surface area contributed by atoms with Gasteiger partial charge >= 0.3 is 10.1 Å². The van der Waals surface area contributed by atoms with Crippen molar-refractivity contribution in [2.24, 2.45) is 10.1 Å². The van der Waals surface area contributed by atoms with Crippen molar-refractivity contribution in [3.05, 3.63) is 59.2 Å². The first kappa shape index (κ1) is 23.7. The van der Waals surface area contributed by atoms with Crippen molar-refractivity contribution in [2.75, 3.05) is 7.11 Å². The summed E-state index contributed by atoms with van der Waals surface area (Å²) < 4.78 is 35.9. The molecule has 9 nitrogen and oxygen atoms in total. The van der Waals surface area contributed by atoms with E-state index in [-0.39, 0.29) is 27.8 Å². The molecular weight excluding hydrogens is 476 g/mol. The Morgan fingerprint density at radius 3 is 2.56 bits per heavy atom. The molecule has 11 heteroatoms. The van der Waals surface area contributed by atoms with E-state index in [2.05, 4.69) is 10.1 Å². The third kappa shape index (κ3) is 4.75. The summed E-state index contributed by atoms with van der Waals surface area (Å²) in [4.78, 5) is 16.7. The topological polar surface area (TPSA) is 121 Å². The second-order valence-corrected chi connectivity index (χ2v) is 10.1. The molecule has 34 heavy (non-hydrogen) atoms. The normalized spacial score (nSPS) is 16.9. The van der Waals surface area contributed by atoms with Gasteiger partial charge < -0.3 is 8.92 Å². The smallest absolute Gasteiger partial charge is 0.339 e. The SMILES string of the molecule is CCCC1=NN2C(=N)/C(=C/c3ccc(OS(=O)(=O)c4ccc(C)cc4)c(OC)c3)C(=O)N=C2S1. The Balaban J connectivity index is 1.61. The van der Waals surface area contributed by atoms with E-state index in [1.165, 1.54) is 54.2 Å². The summed E-state index contributed by atoms with van der Waals surface area (Å²) in [5, 5.41) is 15.4. The first-order valence-corrected chi connectivity index (χ1v) is 12.6. The molecule has 1 N–H and O–H groups in total. The monoisotopic (exact) mass is 498 g/mol. The van der Waals surface area contributed by atoms with Crippen LogP contribution >= 0.6 is 11.8 Å². The van der Waals surface area contributed by atoms with E-state index in [1.807, 2.05) is 13.8 Å². The van der Waals surface area contributed by atoms with Gasteiger partial charge in [-0.3, -0.25) is 10.2 Å². The maximum absolute atomic E-state index is 12.7. The Bertz CT molecular complexity index is 1360. The number of hydrogen-bond donors (Lipinski definition) is 1. The van der Waals surface area contributed by atoms with E-state index in [4.69, 9.17) is 14.3 Å². The molecule has 0 saturated heterocycles. The first-order valence-electron chi connectivity index (χ1n) is 10.4. The molecule has 4 rings (SSSR count). The van der Waals surface area contributed by atoms with Crippen molar-refractivity contribution in [3.63, 3.8) is 0 Å². The van der Waals surface area contributed by atoms with Crippen LogP contribution in [0.2, 0.25) is 0 Å². The Morgan fingerprint density at radius 2 is 1.88 bits per heavy atom. The van der Waals surface area contributed by atoms with Crippen LogP contribution < -0.4 is 8.92 Å². The van der Waals surface area contributed by atoms with Gasteiger partial charge in [-0.1, -0.05) is 30.7 Å². The molecule has 2 aliphatic rings. The maximum atomic E-state index is 12.7. The first-order chi connectivity index (χ1) is 16.2. The number of aliphatic imine (C=N–C) groups is 1. The van der Waals surface area contributed by atoms with Crippen LogP contribution in [0.1, 0.15) is 30.9 Å². The zero-order valence-electron chi connectivity index (χ0n) is 18.7. The van der Waals surface area contributed by atoms with Gasteiger partial charge in [0.2, 0.25) is 5.17 Å². The zero-order valence-corrected chi connectivity index (χ0v) is 20.4. The third-order valence-corrected chi connectivity index (χ3v) is 7.18. The number of rotatable bonds is 7. The Hall–Kier alpha value is -3.44. The van der Waals surface area contributed by atoms with Gasteiger partial charge in [0.1, 0.15) is 9.94 Å². The predicted octanol–water partition coefficient (Wildman–Crippen LogP) is 4.19. The molecule has 2 aliphatic heterocycles. The lowest BCUT2D eigenvalue weighted by atomic mass is 10.1. The van der Waals surface area contributed by atoms with Crippen molar-refractivity contribution < 1.29 is 22.1 Å². The molecule has 2 heterocycles. The minimum Gasteiger partial charge on any atom is -0.493 e. The second-order valence-electron chi connectivity index (χ2n) is 7.52. The molecule has 0 unspecified atom stereocenters. The van der Waals surface area contributed by atoms with Crippen LogP contribution in [0.25, 0.3) is 6.08 Å². The predicted molar refractivity (Wildman–Crippen MR) is 132 cm³/mol. The van der Waals surface area contributed by atoms with Crippen LogP contribution in [0.5, 0.6) is 11.5 Å². The number of nitrogens with zero attached hydrogens (tertiary/aromatic N) is 3. The number of ether oxygens (including phenoxy) is 1. The number of amidine groups is 2. The maximum Gasteiger partial charge on any atom is 0.339 e. The summed E-state index contributed by atoms with van der Waals surface area (Å²) in [6.07, 6.45) is 3.12.